The Kier molecular flexibility index (Phi) is 4.63. The molecule has 110 valence electrons. The Hall–Kier alpha value is -2.29. The van der Waals surface area contributed by atoms with Crippen LogP contribution in [-0.4, -0.2) is 11.1 Å². The highest BCUT2D eigenvalue weighted by molar-refractivity contribution is 5.87. The molecule has 3 heteroatoms. The van der Waals surface area contributed by atoms with E-state index < -0.39 is 5.97 Å². The zero-order valence-electron chi connectivity index (χ0n) is 12.6. The summed E-state index contributed by atoms with van der Waals surface area (Å²) in [5, 5.41) is 8.87. The van der Waals surface area contributed by atoms with Gasteiger partial charge in [-0.25, -0.2) is 4.79 Å². The Bertz CT molecular complexity index is 627. The minimum absolute atomic E-state index is 0.288. The van der Waals surface area contributed by atoms with Crippen LogP contribution < -0.4 is 4.74 Å². The van der Waals surface area contributed by atoms with E-state index in [0.717, 1.165) is 11.3 Å². The van der Waals surface area contributed by atoms with E-state index in [9.17, 15) is 4.79 Å². The number of hydrogen-bond acceptors (Lipinski definition) is 2. The highest BCUT2D eigenvalue weighted by Gasteiger charge is 2.05. The van der Waals surface area contributed by atoms with Crippen LogP contribution in [0.5, 0.6) is 5.75 Å². The van der Waals surface area contributed by atoms with Crippen molar-refractivity contribution in [3.05, 3.63) is 64.7 Å². The molecule has 0 saturated heterocycles. The minimum Gasteiger partial charge on any atom is -0.489 e. The average molecular weight is 284 g/mol. The number of aromatic carboxylic acids is 1. The molecule has 0 aliphatic heterocycles. The summed E-state index contributed by atoms with van der Waals surface area (Å²) in [5.74, 6) is 0.394. The molecule has 2 rings (SSSR count). The predicted molar refractivity (Wildman–Crippen MR) is 83.0 cm³/mol. The van der Waals surface area contributed by atoms with Crippen LogP contribution >= 0.6 is 0 Å². The first-order chi connectivity index (χ1) is 9.95. The molecule has 1 N–H and O–H groups in total. The third-order valence-corrected chi connectivity index (χ3v) is 3.35. The number of benzene rings is 2. The number of rotatable bonds is 5. The molecular formula is C18H20O3. The summed E-state index contributed by atoms with van der Waals surface area (Å²) in [6.45, 7) is 6.80. The SMILES string of the molecule is Cc1cc(OCc2ccc(C(=O)O)cc2)cc(C(C)C)c1. The predicted octanol–water partition coefficient (Wildman–Crippen LogP) is 4.40. The fraction of sp³-hybridized carbons (Fsp3) is 0.278. The van der Waals surface area contributed by atoms with Gasteiger partial charge in [0.25, 0.3) is 0 Å². The van der Waals surface area contributed by atoms with Gasteiger partial charge in [-0.2, -0.15) is 0 Å². The molecule has 0 heterocycles. The lowest BCUT2D eigenvalue weighted by Gasteiger charge is -2.12. The first-order valence-corrected chi connectivity index (χ1v) is 7.02. The van der Waals surface area contributed by atoms with E-state index in [1.807, 2.05) is 6.07 Å². The molecule has 0 aromatic heterocycles. The van der Waals surface area contributed by atoms with Crippen molar-refractivity contribution in [1.82, 2.24) is 0 Å². The van der Waals surface area contributed by atoms with Crippen molar-refractivity contribution in [3.8, 4) is 5.75 Å². The molecule has 0 saturated carbocycles. The zero-order valence-corrected chi connectivity index (χ0v) is 12.6. The highest BCUT2D eigenvalue weighted by Crippen LogP contribution is 2.23. The Morgan fingerprint density at radius 2 is 1.81 bits per heavy atom. The van der Waals surface area contributed by atoms with E-state index in [-0.39, 0.29) is 5.56 Å². The molecule has 0 unspecified atom stereocenters. The van der Waals surface area contributed by atoms with Gasteiger partial charge < -0.3 is 9.84 Å². The Balaban J connectivity index is 2.07. The van der Waals surface area contributed by atoms with E-state index in [4.69, 9.17) is 9.84 Å². The fourth-order valence-corrected chi connectivity index (χ4v) is 2.10. The van der Waals surface area contributed by atoms with Gasteiger partial charge in [0, 0.05) is 0 Å². The van der Waals surface area contributed by atoms with Gasteiger partial charge in [-0.3, -0.25) is 0 Å². The molecule has 21 heavy (non-hydrogen) atoms. The van der Waals surface area contributed by atoms with Crippen LogP contribution in [0.4, 0.5) is 0 Å². The third-order valence-electron chi connectivity index (χ3n) is 3.35. The van der Waals surface area contributed by atoms with E-state index in [1.54, 1.807) is 24.3 Å². The van der Waals surface area contributed by atoms with Crippen molar-refractivity contribution in [3.63, 3.8) is 0 Å². The lowest BCUT2D eigenvalue weighted by atomic mass is 10.0. The summed E-state index contributed by atoms with van der Waals surface area (Å²) >= 11 is 0. The maximum atomic E-state index is 10.8. The van der Waals surface area contributed by atoms with Crippen molar-refractivity contribution in [2.24, 2.45) is 0 Å². The standard InChI is InChI=1S/C18H20O3/c1-12(2)16-8-13(3)9-17(10-16)21-11-14-4-6-15(7-5-14)18(19)20/h4-10,12H,11H2,1-3H3,(H,19,20). The molecule has 3 nitrogen and oxygen atoms in total. The molecule has 0 atom stereocenters. The van der Waals surface area contributed by atoms with Crippen LogP contribution in [0.25, 0.3) is 0 Å². The summed E-state index contributed by atoms with van der Waals surface area (Å²) in [5.41, 5.74) is 3.67. The lowest BCUT2D eigenvalue weighted by molar-refractivity contribution is 0.0697. The summed E-state index contributed by atoms with van der Waals surface area (Å²) in [4.78, 5) is 10.8. The zero-order chi connectivity index (χ0) is 15.4. The van der Waals surface area contributed by atoms with E-state index >= 15 is 0 Å². The second-order valence-corrected chi connectivity index (χ2v) is 5.52. The first-order valence-electron chi connectivity index (χ1n) is 7.02. The summed E-state index contributed by atoms with van der Waals surface area (Å²) in [6.07, 6.45) is 0. The molecule has 0 aliphatic rings. The van der Waals surface area contributed by atoms with Gasteiger partial charge in [-0.1, -0.05) is 32.0 Å². The molecule has 0 spiro atoms. The van der Waals surface area contributed by atoms with Crippen molar-refractivity contribution < 1.29 is 14.6 Å². The van der Waals surface area contributed by atoms with Crippen molar-refractivity contribution in [1.29, 1.82) is 0 Å². The van der Waals surface area contributed by atoms with Crippen LogP contribution in [0.3, 0.4) is 0 Å². The van der Waals surface area contributed by atoms with Crippen LogP contribution in [-0.2, 0) is 6.61 Å². The molecule has 0 aliphatic carbocycles. The van der Waals surface area contributed by atoms with Gasteiger partial charge in [0.2, 0.25) is 0 Å². The molecule has 2 aromatic carbocycles. The van der Waals surface area contributed by atoms with Crippen LogP contribution in [0, 0.1) is 6.92 Å². The monoisotopic (exact) mass is 284 g/mol. The average Bonchev–Trinajstić information content (AvgIpc) is 2.45. The molecule has 0 bridgehead atoms. The van der Waals surface area contributed by atoms with Gasteiger partial charge in [-0.05, 0) is 53.8 Å². The number of carbonyl (C=O) groups is 1. The van der Waals surface area contributed by atoms with Gasteiger partial charge >= 0.3 is 5.97 Å². The Labute approximate surface area is 125 Å². The van der Waals surface area contributed by atoms with Crippen molar-refractivity contribution in [2.75, 3.05) is 0 Å². The molecule has 0 fully saturated rings. The van der Waals surface area contributed by atoms with Crippen LogP contribution in [0.2, 0.25) is 0 Å². The number of ether oxygens (including phenoxy) is 1. The number of carboxylic acid groups (broad SMARTS) is 1. The maximum Gasteiger partial charge on any atom is 0.335 e. The normalized spacial score (nSPS) is 10.7. The largest absolute Gasteiger partial charge is 0.489 e. The Morgan fingerprint density at radius 1 is 1.14 bits per heavy atom. The van der Waals surface area contributed by atoms with Crippen molar-refractivity contribution in [2.45, 2.75) is 33.3 Å². The third kappa shape index (κ3) is 4.09. The summed E-state index contributed by atoms with van der Waals surface area (Å²) in [7, 11) is 0. The highest BCUT2D eigenvalue weighted by atomic mass is 16.5. The summed E-state index contributed by atoms with van der Waals surface area (Å²) in [6, 6.07) is 13.0. The van der Waals surface area contributed by atoms with Crippen LogP contribution in [0.1, 0.15) is 46.8 Å². The van der Waals surface area contributed by atoms with Gasteiger partial charge in [0.1, 0.15) is 12.4 Å². The quantitative estimate of drug-likeness (QED) is 0.885. The smallest absolute Gasteiger partial charge is 0.335 e. The van der Waals surface area contributed by atoms with Gasteiger partial charge in [-0.15, -0.1) is 0 Å². The van der Waals surface area contributed by atoms with E-state index in [0.29, 0.717) is 12.5 Å². The molecule has 0 amide bonds. The van der Waals surface area contributed by atoms with E-state index in [1.165, 1.54) is 11.1 Å². The molecular weight excluding hydrogens is 264 g/mol. The fourth-order valence-electron chi connectivity index (χ4n) is 2.10. The lowest BCUT2D eigenvalue weighted by Crippen LogP contribution is -1.99. The van der Waals surface area contributed by atoms with Gasteiger partial charge in [0.05, 0.1) is 5.56 Å². The number of hydrogen-bond donors (Lipinski definition) is 1. The van der Waals surface area contributed by atoms with Crippen LogP contribution in [0.15, 0.2) is 42.5 Å². The first kappa shape index (κ1) is 15.1. The Morgan fingerprint density at radius 3 is 2.38 bits per heavy atom. The van der Waals surface area contributed by atoms with E-state index in [2.05, 4.69) is 32.9 Å². The minimum atomic E-state index is -0.914. The second kappa shape index (κ2) is 6.44. The van der Waals surface area contributed by atoms with Gasteiger partial charge in [0.15, 0.2) is 0 Å². The summed E-state index contributed by atoms with van der Waals surface area (Å²) < 4.78 is 5.82. The molecule has 0 radical (unpaired) electrons. The van der Waals surface area contributed by atoms with Crippen molar-refractivity contribution >= 4 is 5.97 Å². The second-order valence-electron chi connectivity index (χ2n) is 5.52. The topological polar surface area (TPSA) is 46.5 Å². The number of aryl methyl sites for hydroxylation is 1. The molecule has 2 aromatic rings. The number of carboxylic acids is 1. The maximum absolute atomic E-state index is 10.8.